The number of fused-ring (bicyclic) bond motifs is 1. The molecule has 1 aromatic heterocycles. The van der Waals surface area contributed by atoms with Crippen LogP contribution < -0.4 is 5.32 Å². The highest BCUT2D eigenvalue weighted by Gasteiger charge is 2.27. The Hall–Kier alpha value is -2.07. The van der Waals surface area contributed by atoms with E-state index in [1.165, 1.54) is 0 Å². The van der Waals surface area contributed by atoms with E-state index in [0.29, 0.717) is 18.6 Å². The lowest BCUT2D eigenvalue weighted by Crippen LogP contribution is -2.38. The van der Waals surface area contributed by atoms with Crippen LogP contribution in [0.2, 0.25) is 0 Å². The Bertz CT molecular complexity index is 580. The normalized spacial score (nSPS) is 13.9. The zero-order chi connectivity index (χ0) is 14.6. The van der Waals surface area contributed by atoms with Crippen molar-refractivity contribution < 1.29 is 14.3 Å². The molecule has 20 heavy (non-hydrogen) atoms. The van der Waals surface area contributed by atoms with Gasteiger partial charge in [-0.3, -0.25) is 4.79 Å². The van der Waals surface area contributed by atoms with Gasteiger partial charge in [-0.1, -0.05) is 24.3 Å². The summed E-state index contributed by atoms with van der Waals surface area (Å²) in [6, 6.07) is 9.35. The standard InChI is InChI=1S/C16H19NO3/c1-3-4-9-15(18)17-11-16(2,19)14-10-12-7-5-6-8-13(12)20-14/h3,5-8,10,19H,1,4,9,11H2,2H3,(H,17,18)/t16-/m0/s1. The van der Waals surface area contributed by atoms with Crippen molar-refractivity contribution in [3.8, 4) is 0 Å². The van der Waals surface area contributed by atoms with Crippen LogP contribution in [0, 0.1) is 0 Å². The molecule has 0 fully saturated rings. The van der Waals surface area contributed by atoms with Crippen molar-refractivity contribution >= 4 is 16.9 Å². The Morgan fingerprint density at radius 2 is 2.25 bits per heavy atom. The number of amides is 1. The van der Waals surface area contributed by atoms with Crippen LogP contribution in [0.25, 0.3) is 11.0 Å². The fraction of sp³-hybridized carbons (Fsp3) is 0.312. The maximum absolute atomic E-state index is 11.6. The van der Waals surface area contributed by atoms with Crippen molar-refractivity contribution in [2.24, 2.45) is 0 Å². The third-order valence-corrected chi connectivity index (χ3v) is 3.16. The van der Waals surface area contributed by atoms with Crippen molar-refractivity contribution in [3.05, 3.63) is 48.7 Å². The molecule has 1 amide bonds. The fourth-order valence-electron chi connectivity index (χ4n) is 1.93. The predicted molar refractivity (Wildman–Crippen MR) is 78.2 cm³/mol. The van der Waals surface area contributed by atoms with E-state index in [-0.39, 0.29) is 12.5 Å². The number of rotatable bonds is 6. The summed E-state index contributed by atoms with van der Waals surface area (Å²) < 4.78 is 5.63. The molecule has 1 atom stereocenters. The van der Waals surface area contributed by atoms with Gasteiger partial charge in [-0.05, 0) is 25.5 Å². The number of furan rings is 1. The fourth-order valence-corrected chi connectivity index (χ4v) is 1.93. The second kappa shape index (κ2) is 5.92. The first-order chi connectivity index (χ1) is 9.53. The average Bonchev–Trinajstić information content (AvgIpc) is 2.87. The van der Waals surface area contributed by atoms with Crippen molar-refractivity contribution in [2.45, 2.75) is 25.4 Å². The molecular formula is C16H19NO3. The summed E-state index contributed by atoms with van der Waals surface area (Å²) in [5, 5.41) is 14.1. The van der Waals surface area contributed by atoms with Gasteiger partial charge >= 0.3 is 0 Å². The van der Waals surface area contributed by atoms with Crippen LogP contribution in [0.15, 0.2) is 47.4 Å². The molecule has 106 valence electrons. The lowest BCUT2D eigenvalue weighted by Gasteiger charge is -2.21. The Morgan fingerprint density at radius 3 is 2.95 bits per heavy atom. The highest BCUT2D eigenvalue weighted by molar-refractivity contribution is 5.78. The van der Waals surface area contributed by atoms with Crippen molar-refractivity contribution in [1.29, 1.82) is 0 Å². The summed E-state index contributed by atoms with van der Waals surface area (Å²) in [6.45, 7) is 5.31. The van der Waals surface area contributed by atoms with Crippen LogP contribution in [0.5, 0.6) is 0 Å². The quantitative estimate of drug-likeness (QED) is 0.795. The molecule has 0 aliphatic carbocycles. The number of hydrogen-bond acceptors (Lipinski definition) is 3. The van der Waals surface area contributed by atoms with Gasteiger partial charge in [-0.15, -0.1) is 6.58 Å². The summed E-state index contributed by atoms with van der Waals surface area (Å²) in [6.07, 6.45) is 2.69. The summed E-state index contributed by atoms with van der Waals surface area (Å²) in [5.41, 5.74) is -0.510. The average molecular weight is 273 g/mol. The molecule has 0 aliphatic rings. The topological polar surface area (TPSA) is 62.5 Å². The van der Waals surface area contributed by atoms with E-state index in [1.54, 1.807) is 19.1 Å². The zero-order valence-electron chi connectivity index (χ0n) is 11.6. The van der Waals surface area contributed by atoms with Crippen LogP contribution >= 0.6 is 0 Å². The van der Waals surface area contributed by atoms with Crippen LogP contribution in [0.4, 0.5) is 0 Å². The minimum Gasteiger partial charge on any atom is -0.458 e. The number of allylic oxidation sites excluding steroid dienone is 1. The van der Waals surface area contributed by atoms with Gasteiger partial charge in [0.25, 0.3) is 0 Å². The molecule has 0 spiro atoms. The molecule has 2 N–H and O–H groups in total. The van der Waals surface area contributed by atoms with Gasteiger partial charge in [0.15, 0.2) is 0 Å². The number of aliphatic hydroxyl groups is 1. The third-order valence-electron chi connectivity index (χ3n) is 3.16. The molecule has 1 aromatic carbocycles. The van der Waals surface area contributed by atoms with E-state index in [0.717, 1.165) is 11.0 Å². The summed E-state index contributed by atoms with van der Waals surface area (Å²) in [5.74, 6) is 0.337. The van der Waals surface area contributed by atoms with E-state index in [1.807, 2.05) is 24.3 Å². The van der Waals surface area contributed by atoms with E-state index >= 15 is 0 Å². The minimum absolute atomic E-state index is 0.110. The predicted octanol–water partition coefficient (Wildman–Crippen LogP) is 2.72. The Labute approximate surface area is 118 Å². The Balaban J connectivity index is 2.05. The molecule has 0 unspecified atom stereocenters. The molecular weight excluding hydrogens is 254 g/mol. The van der Waals surface area contributed by atoms with Gasteiger partial charge in [0.05, 0.1) is 6.54 Å². The van der Waals surface area contributed by atoms with E-state index in [4.69, 9.17) is 4.42 Å². The smallest absolute Gasteiger partial charge is 0.220 e. The van der Waals surface area contributed by atoms with Gasteiger partial charge in [0.2, 0.25) is 5.91 Å². The van der Waals surface area contributed by atoms with Gasteiger partial charge in [0, 0.05) is 11.8 Å². The van der Waals surface area contributed by atoms with Gasteiger partial charge in [-0.2, -0.15) is 0 Å². The lowest BCUT2D eigenvalue weighted by molar-refractivity contribution is -0.122. The maximum Gasteiger partial charge on any atom is 0.220 e. The molecule has 2 aromatic rings. The van der Waals surface area contributed by atoms with Crippen molar-refractivity contribution in [2.75, 3.05) is 6.54 Å². The second-order valence-corrected chi connectivity index (χ2v) is 5.03. The molecule has 1 heterocycles. The van der Waals surface area contributed by atoms with Gasteiger partial charge in [-0.25, -0.2) is 0 Å². The molecule has 4 nitrogen and oxygen atoms in total. The first-order valence-corrected chi connectivity index (χ1v) is 6.62. The Kier molecular flexibility index (Phi) is 4.25. The summed E-state index contributed by atoms with van der Waals surface area (Å²) in [7, 11) is 0. The molecule has 0 bridgehead atoms. The second-order valence-electron chi connectivity index (χ2n) is 5.03. The summed E-state index contributed by atoms with van der Waals surface area (Å²) >= 11 is 0. The monoisotopic (exact) mass is 273 g/mol. The van der Waals surface area contributed by atoms with Crippen molar-refractivity contribution in [1.82, 2.24) is 5.32 Å². The van der Waals surface area contributed by atoms with E-state index < -0.39 is 5.60 Å². The van der Waals surface area contributed by atoms with Crippen molar-refractivity contribution in [3.63, 3.8) is 0 Å². The zero-order valence-corrected chi connectivity index (χ0v) is 11.6. The lowest BCUT2D eigenvalue weighted by atomic mass is 10.0. The first kappa shape index (κ1) is 14.3. The molecule has 2 rings (SSSR count). The van der Waals surface area contributed by atoms with Gasteiger partial charge in [0.1, 0.15) is 16.9 Å². The number of carbonyl (C=O) groups excluding carboxylic acids is 1. The van der Waals surface area contributed by atoms with Crippen LogP contribution in [0.3, 0.4) is 0 Å². The largest absolute Gasteiger partial charge is 0.458 e. The third kappa shape index (κ3) is 3.27. The minimum atomic E-state index is -1.23. The van der Waals surface area contributed by atoms with E-state index in [9.17, 15) is 9.90 Å². The molecule has 0 aliphatic heterocycles. The SMILES string of the molecule is C=CCCC(=O)NC[C@](C)(O)c1cc2ccccc2o1. The van der Waals surface area contributed by atoms with Crippen LogP contribution in [-0.2, 0) is 10.4 Å². The Morgan fingerprint density at radius 1 is 1.50 bits per heavy atom. The highest BCUT2D eigenvalue weighted by Crippen LogP contribution is 2.27. The number of benzene rings is 1. The maximum atomic E-state index is 11.6. The first-order valence-electron chi connectivity index (χ1n) is 6.62. The number of para-hydroxylation sites is 1. The molecule has 0 saturated carbocycles. The number of hydrogen-bond donors (Lipinski definition) is 2. The van der Waals surface area contributed by atoms with Gasteiger partial charge < -0.3 is 14.8 Å². The number of nitrogens with one attached hydrogen (secondary N) is 1. The van der Waals surface area contributed by atoms with Crippen LogP contribution in [-0.4, -0.2) is 17.6 Å². The molecule has 0 radical (unpaired) electrons. The van der Waals surface area contributed by atoms with Crippen LogP contribution in [0.1, 0.15) is 25.5 Å². The summed E-state index contributed by atoms with van der Waals surface area (Å²) in [4.78, 5) is 11.6. The number of carbonyl (C=O) groups is 1. The molecule has 4 heteroatoms. The molecule has 0 saturated heterocycles. The van der Waals surface area contributed by atoms with E-state index in [2.05, 4.69) is 11.9 Å². The highest BCUT2D eigenvalue weighted by atomic mass is 16.4.